The van der Waals surface area contributed by atoms with Crippen LogP contribution in [0.4, 0.5) is 15.6 Å². The summed E-state index contributed by atoms with van der Waals surface area (Å²) in [5.41, 5.74) is 1.15. The van der Waals surface area contributed by atoms with E-state index in [-0.39, 0.29) is 15.9 Å². The van der Waals surface area contributed by atoms with Crippen molar-refractivity contribution in [1.29, 1.82) is 0 Å². The molecular weight excluding hydrogens is 302 g/mol. The van der Waals surface area contributed by atoms with Gasteiger partial charge in [0.2, 0.25) is 0 Å². The normalized spacial score (nSPS) is 10.5. The zero-order valence-corrected chi connectivity index (χ0v) is 13.1. The maximum absolute atomic E-state index is 11.9. The largest absolute Gasteiger partial charge is 0.477 e. The molecule has 0 aliphatic carbocycles. The number of urea groups is 1. The van der Waals surface area contributed by atoms with E-state index in [1.54, 1.807) is 12.1 Å². The molecule has 22 heavy (non-hydrogen) atoms. The van der Waals surface area contributed by atoms with Gasteiger partial charge in [0.05, 0.1) is 5.69 Å². The van der Waals surface area contributed by atoms with E-state index in [9.17, 15) is 14.7 Å². The predicted octanol–water partition coefficient (Wildman–Crippen LogP) is 3.68. The molecule has 6 nitrogen and oxygen atoms in total. The first-order valence-corrected chi connectivity index (χ1v) is 7.63. The minimum absolute atomic E-state index is 0.170. The molecule has 3 N–H and O–H groups in total. The minimum Gasteiger partial charge on any atom is -0.477 e. The summed E-state index contributed by atoms with van der Waals surface area (Å²) in [6.07, 6.45) is 0.556. The number of hydrogen-bond donors (Lipinski definition) is 3. The number of aromatic nitrogens is 1. The van der Waals surface area contributed by atoms with Crippen LogP contribution < -0.4 is 10.6 Å². The van der Waals surface area contributed by atoms with E-state index < -0.39 is 12.0 Å². The summed E-state index contributed by atoms with van der Waals surface area (Å²) in [4.78, 5) is 27.5. The SMILES string of the molecule is CC(C)Cc1nc(NC(=O)Nc2ccccc2)sc1C(=O)O. The summed E-state index contributed by atoms with van der Waals surface area (Å²) in [5, 5.41) is 14.7. The Morgan fingerprint density at radius 2 is 1.91 bits per heavy atom. The number of nitrogens with zero attached hydrogens (tertiary/aromatic N) is 1. The van der Waals surface area contributed by atoms with Gasteiger partial charge in [0.1, 0.15) is 4.88 Å². The van der Waals surface area contributed by atoms with E-state index in [1.807, 2.05) is 32.0 Å². The van der Waals surface area contributed by atoms with Crippen LogP contribution in [0.15, 0.2) is 30.3 Å². The number of benzene rings is 1. The molecule has 0 atom stereocenters. The first kappa shape index (κ1) is 16.0. The summed E-state index contributed by atoms with van der Waals surface area (Å²) in [5.74, 6) is -0.740. The molecular formula is C15H17N3O3S. The smallest absolute Gasteiger partial charge is 0.347 e. The lowest BCUT2D eigenvalue weighted by Gasteiger charge is -2.04. The highest BCUT2D eigenvalue weighted by Crippen LogP contribution is 2.25. The van der Waals surface area contributed by atoms with Crippen molar-refractivity contribution < 1.29 is 14.7 Å². The summed E-state index contributed by atoms with van der Waals surface area (Å²) in [6, 6.07) is 8.53. The Kier molecular flexibility index (Phi) is 5.11. The quantitative estimate of drug-likeness (QED) is 0.784. The standard InChI is InChI=1S/C15H17N3O3S/c1-9(2)8-11-12(13(19)20)22-15(17-11)18-14(21)16-10-6-4-3-5-7-10/h3-7,9H,8H2,1-2H3,(H,19,20)(H2,16,17,18,21). The van der Waals surface area contributed by atoms with Crippen molar-refractivity contribution in [2.45, 2.75) is 20.3 Å². The third-order valence-electron chi connectivity index (χ3n) is 2.75. The molecule has 0 saturated carbocycles. The first-order valence-electron chi connectivity index (χ1n) is 6.81. The maximum Gasteiger partial charge on any atom is 0.347 e. The van der Waals surface area contributed by atoms with Crippen LogP contribution in [-0.4, -0.2) is 22.1 Å². The predicted molar refractivity (Wildman–Crippen MR) is 86.7 cm³/mol. The van der Waals surface area contributed by atoms with Gasteiger partial charge in [-0.25, -0.2) is 14.6 Å². The molecule has 0 radical (unpaired) electrons. The molecule has 0 aliphatic heterocycles. The van der Waals surface area contributed by atoms with E-state index in [4.69, 9.17) is 0 Å². The Morgan fingerprint density at radius 1 is 1.23 bits per heavy atom. The fourth-order valence-electron chi connectivity index (χ4n) is 1.88. The molecule has 1 aromatic carbocycles. The Hall–Kier alpha value is -2.41. The number of hydrogen-bond acceptors (Lipinski definition) is 4. The van der Waals surface area contributed by atoms with Crippen LogP contribution in [0.5, 0.6) is 0 Å². The molecule has 2 amide bonds. The number of amides is 2. The summed E-state index contributed by atoms with van der Waals surface area (Å²) < 4.78 is 0. The van der Waals surface area contributed by atoms with Crippen LogP contribution >= 0.6 is 11.3 Å². The second kappa shape index (κ2) is 7.04. The van der Waals surface area contributed by atoms with Crippen molar-refractivity contribution in [3.05, 3.63) is 40.9 Å². The molecule has 2 rings (SSSR count). The van der Waals surface area contributed by atoms with Crippen LogP contribution in [0, 0.1) is 5.92 Å². The number of rotatable bonds is 5. The highest BCUT2D eigenvalue weighted by Gasteiger charge is 2.19. The maximum atomic E-state index is 11.9. The van der Waals surface area contributed by atoms with E-state index in [1.165, 1.54) is 0 Å². The molecule has 116 valence electrons. The average molecular weight is 319 g/mol. The van der Waals surface area contributed by atoms with Crippen LogP contribution in [0.1, 0.15) is 29.2 Å². The monoisotopic (exact) mass is 319 g/mol. The number of carboxylic acids is 1. The second-order valence-corrected chi connectivity index (χ2v) is 6.14. The van der Waals surface area contributed by atoms with Gasteiger partial charge < -0.3 is 10.4 Å². The summed E-state index contributed by atoms with van der Waals surface area (Å²) >= 11 is 0.966. The summed E-state index contributed by atoms with van der Waals surface area (Å²) in [6.45, 7) is 3.97. The van der Waals surface area contributed by atoms with Crippen LogP contribution in [-0.2, 0) is 6.42 Å². The minimum atomic E-state index is -1.02. The molecule has 7 heteroatoms. The van der Waals surface area contributed by atoms with Gasteiger partial charge in [0.25, 0.3) is 0 Å². The zero-order valence-electron chi connectivity index (χ0n) is 12.3. The van der Waals surface area contributed by atoms with Crippen LogP contribution in [0.2, 0.25) is 0 Å². The fraction of sp³-hybridized carbons (Fsp3) is 0.267. The van der Waals surface area contributed by atoms with Crippen molar-refractivity contribution in [3.63, 3.8) is 0 Å². The number of para-hydroxylation sites is 1. The van der Waals surface area contributed by atoms with Gasteiger partial charge in [-0.05, 0) is 24.5 Å². The first-order chi connectivity index (χ1) is 10.5. The number of carboxylic acid groups (broad SMARTS) is 1. The molecule has 2 aromatic rings. The number of nitrogens with one attached hydrogen (secondary N) is 2. The highest BCUT2D eigenvalue weighted by molar-refractivity contribution is 7.17. The van der Waals surface area contributed by atoms with Gasteiger partial charge in [-0.3, -0.25) is 5.32 Å². The summed E-state index contributed by atoms with van der Waals surface area (Å²) in [7, 11) is 0. The number of carbonyl (C=O) groups is 2. The number of carbonyl (C=O) groups excluding carboxylic acids is 1. The highest BCUT2D eigenvalue weighted by atomic mass is 32.1. The lowest BCUT2D eigenvalue weighted by Crippen LogP contribution is -2.19. The van der Waals surface area contributed by atoms with Crippen LogP contribution in [0.3, 0.4) is 0 Å². The Labute approximate surface area is 132 Å². The van der Waals surface area contributed by atoms with Crippen molar-refractivity contribution in [3.8, 4) is 0 Å². The molecule has 1 heterocycles. The molecule has 0 fully saturated rings. The van der Waals surface area contributed by atoms with Crippen molar-refractivity contribution >= 4 is 34.2 Å². The van der Waals surface area contributed by atoms with Gasteiger partial charge >= 0.3 is 12.0 Å². The van der Waals surface area contributed by atoms with Gasteiger partial charge in [-0.2, -0.15) is 0 Å². The van der Waals surface area contributed by atoms with Crippen LogP contribution in [0.25, 0.3) is 0 Å². The number of thiazole rings is 1. The van der Waals surface area contributed by atoms with E-state index in [0.29, 0.717) is 17.8 Å². The molecule has 0 bridgehead atoms. The Bertz CT molecular complexity index is 668. The number of anilines is 2. The molecule has 0 unspecified atom stereocenters. The van der Waals surface area contributed by atoms with E-state index in [0.717, 1.165) is 11.3 Å². The topological polar surface area (TPSA) is 91.3 Å². The molecule has 0 saturated heterocycles. The molecule has 0 spiro atoms. The van der Waals surface area contributed by atoms with E-state index >= 15 is 0 Å². The van der Waals surface area contributed by atoms with Gasteiger partial charge in [0.15, 0.2) is 5.13 Å². The molecule has 0 aliphatic rings. The number of aromatic carboxylic acids is 1. The van der Waals surface area contributed by atoms with Crippen molar-refractivity contribution in [2.24, 2.45) is 5.92 Å². The zero-order chi connectivity index (χ0) is 16.1. The average Bonchev–Trinajstić information content (AvgIpc) is 2.81. The van der Waals surface area contributed by atoms with Gasteiger partial charge in [-0.1, -0.05) is 43.4 Å². The Balaban J connectivity index is 2.09. The van der Waals surface area contributed by atoms with Crippen molar-refractivity contribution in [1.82, 2.24) is 4.98 Å². The Morgan fingerprint density at radius 3 is 2.50 bits per heavy atom. The molecule has 1 aromatic heterocycles. The van der Waals surface area contributed by atoms with Gasteiger partial charge in [0, 0.05) is 5.69 Å². The fourth-order valence-corrected chi connectivity index (χ4v) is 2.71. The van der Waals surface area contributed by atoms with Gasteiger partial charge in [-0.15, -0.1) is 0 Å². The third kappa shape index (κ3) is 4.29. The third-order valence-corrected chi connectivity index (χ3v) is 3.75. The lowest BCUT2D eigenvalue weighted by atomic mass is 10.1. The lowest BCUT2D eigenvalue weighted by molar-refractivity contribution is 0.0700. The van der Waals surface area contributed by atoms with Crippen molar-refractivity contribution in [2.75, 3.05) is 10.6 Å². The van der Waals surface area contributed by atoms with E-state index in [2.05, 4.69) is 15.6 Å². The second-order valence-electron chi connectivity index (χ2n) is 5.14.